The van der Waals surface area contributed by atoms with Gasteiger partial charge in [0.25, 0.3) is 5.91 Å². The van der Waals surface area contributed by atoms with Crippen molar-refractivity contribution in [1.82, 2.24) is 4.90 Å². The molecule has 0 aliphatic carbocycles. The van der Waals surface area contributed by atoms with Gasteiger partial charge in [-0.1, -0.05) is 66.0 Å². The Morgan fingerprint density at radius 3 is 2.40 bits per heavy atom. The molecule has 0 radical (unpaired) electrons. The molecule has 0 aromatic heterocycles. The van der Waals surface area contributed by atoms with Crippen LogP contribution in [-0.2, 0) is 11.4 Å². The number of rotatable bonds is 7. The van der Waals surface area contributed by atoms with Crippen LogP contribution >= 0.6 is 35.0 Å². The quantitative estimate of drug-likeness (QED) is 0.292. The minimum absolute atomic E-state index is 0.0184. The molecule has 180 valence electrons. The molecule has 4 nitrogen and oxygen atoms in total. The van der Waals surface area contributed by atoms with Crippen molar-refractivity contribution >= 4 is 57.8 Å². The minimum atomic E-state index is -0.0184. The summed E-state index contributed by atoms with van der Waals surface area (Å²) in [6, 6.07) is 21.1. The topological polar surface area (TPSA) is 41.9 Å². The first-order valence-corrected chi connectivity index (χ1v) is 13.0. The van der Waals surface area contributed by atoms with Crippen LogP contribution < -0.4 is 4.74 Å². The fourth-order valence-electron chi connectivity index (χ4n) is 3.47. The van der Waals surface area contributed by atoms with E-state index >= 15 is 0 Å². The third-order valence-electron chi connectivity index (χ3n) is 5.69. The Morgan fingerprint density at radius 2 is 1.74 bits per heavy atom. The molecule has 35 heavy (non-hydrogen) atoms. The molecule has 3 aromatic carbocycles. The average Bonchev–Trinajstić information content (AvgIpc) is 3.16. The molecule has 1 heterocycles. The number of carbonyl (C=O) groups excluding carboxylic acids is 1. The lowest BCUT2D eigenvalue weighted by Crippen LogP contribution is -2.36. The van der Waals surface area contributed by atoms with Crippen molar-refractivity contribution in [1.29, 1.82) is 0 Å². The van der Waals surface area contributed by atoms with Crippen LogP contribution in [0.25, 0.3) is 6.08 Å². The summed E-state index contributed by atoms with van der Waals surface area (Å²) in [5, 5.41) is 1.73. The van der Waals surface area contributed by atoms with Gasteiger partial charge in [0.1, 0.15) is 12.4 Å². The van der Waals surface area contributed by atoms with Gasteiger partial charge < -0.3 is 4.74 Å². The average molecular weight is 526 g/mol. The maximum Gasteiger partial charge on any atom is 0.266 e. The van der Waals surface area contributed by atoms with E-state index in [-0.39, 0.29) is 11.9 Å². The molecule has 7 heteroatoms. The Bertz CT molecular complexity index is 1270. The number of amidine groups is 1. The molecular formula is C28H26Cl2N2O2S. The summed E-state index contributed by atoms with van der Waals surface area (Å²) in [5.74, 6) is 0.710. The Labute approximate surface area is 220 Å². The number of aryl methyl sites for hydroxylation is 1. The molecule has 1 saturated heterocycles. The third kappa shape index (κ3) is 6.29. The molecule has 1 aliphatic heterocycles. The van der Waals surface area contributed by atoms with Crippen LogP contribution in [0.1, 0.15) is 37.0 Å². The van der Waals surface area contributed by atoms with Gasteiger partial charge in [-0.2, -0.15) is 0 Å². The predicted octanol–water partition coefficient (Wildman–Crippen LogP) is 8.28. The lowest BCUT2D eigenvalue weighted by molar-refractivity contribution is -0.123. The van der Waals surface area contributed by atoms with Gasteiger partial charge in [0.05, 0.1) is 20.6 Å². The van der Waals surface area contributed by atoms with E-state index in [4.69, 9.17) is 32.9 Å². The van der Waals surface area contributed by atoms with Crippen LogP contribution in [0.5, 0.6) is 5.75 Å². The van der Waals surface area contributed by atoms with E-state index in [0.717, 1.165) is 29.0 Å². The van der Waals surface area contributed by atoms with Crippen molar-refractivity contribution in [3.63, 3.8) is 0 Å². The predicted molar refractivity (Wildman–Crippen MR) is 148 cm³/mol. The van der Waals surface area contributed by atoms with E-state index in [2.05, 4.69) is 6.92 Å². The van der Waals surface area contributed by atoms with Crippen LogP contribution in [-0.4, -0.2) is 22.0 Å². The maximum absolute atomic E-state index is 13.3. The molecule has 1 amide bonds. The van der Waals surface area contributed by atoms with Crippen molar-refractivity contribution in [3.05, 3.63) is 98.4 Å². The SMILES string of the molecule is CC[C@@H](C)N1C(=O)/C(=C\c2ccc(OCc3ccc(Cl)c(Cl)c3)cc2)SC1=Nc1ccc(C)cc1. The van der Waals surface area contributed by atoms with Crippen LogP contribution in [0.15, 0.2) is 76.6 Å². The van der Waals surface area contributed by atoms with E-state index in [1.165, 1.54) is 17.3 Å². The molecule has 0 N–H and O–H groups in total. The van der Waals surface area contributed by atoms with E-state index in [1.54, 1.807) is 17.0 Å². The number of carbonyl (C=O) groups is 1. The van der Waals surface area contributed by atoms with Crippen molar-refractivity contribution < 1.29 is 9.53 Å². The second-order valence-electron chi connectivity index (χ2n) is 8.38. The molecule has 0 saturated carbocycles. The highest BCUT2D eigenvalue weighted by atomic mass is 35.5. The maximum atomic E-state index is 13.3. The lowest BCUT2D eigenvalue weighted by atomic mass is 10.2. The Morgan fingerprint density at radius 1 is 1.03 bits per heavy atom. The van der Waals surface area contributed by atoms with Gasteiger partial charge in [0, 0.05) is 6.04 Å². The van der Waals surface area contributed by atoms with Crippen LogP contribution in [0.4, 0.5) is 5.69 Å². The highest BCUT2D eigenvalue weighted by Crippen LogP contribution is 2.36. The number of hydrogen-bond donors (Lipinski definition) is 0. The van der Waals surface area contributed by atoms with Gasteiger partial charge in [-0.05, 0) is 85.6 Å². The van der Waals surface area contributed by atoms with Crippen molar-refractivity contribution in [2.45, 2.75) is 39.8 Å². The summed E-state index contributed by atoms with van der Waals surface area (Å²) in [7, 11) is 0. The first-order chi connectivity index (χ1) is 16.8. The molecule has 1 aliphatic rings. The number of nitrogens with zero attached hydrogens (tertiary/aromatic N) is 2. The number of halogens is 2. The van der Waals surface area contributed by atoms with Gasteiger partial charge in [-0.3, -0.25) is 9.69 Å². The van der Waals surface area contributed by atoms with Crippen LogP contribution in [0.3, 0.4) is 0 Å². The van der Waals surface area contributed by atoms with Gasteiger partial charge in [0.2, 0.25) is 0 Å². The van der Waals surface area contributed by atoms with Crippen LogP contribution in [0.2, 0.25) is 10.0 Å². The summed E-state index contributed by atoms with van der Waals surface area (Å²) >= 11 is 13.5. The molecule has 4 rings (SSSR count). The summed E-state index contributed by atoms with van der Waals surface area (Å²) in [6.07, 6.45) is 2.75. The molecule has 0 spiro atoms. The number of thioether (sulfide) groups is 1. The van der Waals surface area contributed by atoms with E-state index < -0.39 is 0 Å². The highest BCUT2D eigenvalue weighted by molar-refractivity contribution is 8.18. The molecule has 1 atom stereocenters. The first kappa shape index (κ1) is 25.4. The first-order valence-electron chi connectivity index (χ1n) is 11.4. The minimum Gasteiger partial charge on any atom is -0.489 e. The van der Waals surface area contributed by atoms with E-state index in [0.29, 0.717) is 26.7 Å². The Balaban J connectivity index is 1.50. The van der Waals surface area contributed by atoms with Gasteiger partial charge >= 0.3 is 0 Å². The van der Waals surface area contributed by atoms with Crippen molar-refractivity contribution in [2.24, 2.45) is 4.99 Å². The largest absolute Gasteiger partial charge is 0.489 e. The van der Waals surface area contributed by atoms with Crippen molar-refractivity contribution in [3.8, 4) is 5.75 Å². The summed E-state index contributed by atoms with van der Waals surface area (Å²) < 4.78 is 5.87. The smallest absolute Gasteiger partial charge is 0.266 e. The fourth-order valence-corrected chi connectivity index (χ4v) is 4.88. The van der Waals surface area contributed by atoms with E-state index in [1.807, 2.05) is 74.5 Å². The number of ether oxygens (including phenoxy) is 1. The lowest BCUT2D eigenvalue weighted by Gasteiger charge is -2.22. The molecule has 1 fully saturated rings. The zero-order valence-corrected chi connectivity index (χ0v) is 22.1. The monoisotopic (exact) mass is 524 g/mol. The highest BCUT2D eigenvalue weighted by Gasteiger charge is 2.36. The molecule has 3 aromatic rings. The summed E-state index contributed by atoms with van der Waals surface area (Å²) in [5.41, 5.74) is 3.87. The molecule has 0 unspecified atom stereocenters. The van der Waals surface area contributed by atoms with Crippen LogP contribution in [0, 0.1) is 6.92 Å². The Hall–Kier alpha value is -2.73. The number of hydrogen-bond acceptors (Lipinski definition) is 4. The molecular weight excluding hydrogens is 499 g/mol. The van der Waals surface area contributed by atoms with E-state index in [9.17, 15) is 4.79 Å². The van der Waals surface area contributed by atoms with Gasteiger partial charge in [0.15, 0.2) is 5.17 Å². The zero-order valence-electron chi connectivity index (χ0n) is 19.8. The number of aliphatic imine (C=N–C) groups is 1. The normalized spacial score (nSPS) is 16.8. The van der Waals surface area contributed by atoms with Gasteiger partial charge in [-0.15, -0.1) is 0 Å². The zero-order chi connectivity index (χ0) is 24.9. The molecule has 0 bridgehead atoms. The second kappa shape index (κ2) is 11.3. The Kier molecular flexibility index (Phi) is 8.22. The second-order valence-corrected chi connectivity index (χ2v) is 10.2. The van der Waals surface area contributed by atoms with Crippen molar-refractivity contribution in [2.75, 3.05) is 0 Å². The standard InChI is InChI=1S/C28H26Cl2N2O2S/c1-4-19(3)32-27(33)26(35-28(32)31-22-10-5-18(2)6-11-22)16-20-7-12-23(13-8-20)34-17-21-9-14-24(29)25(30)15-21/h5-16,19H,4,17H2,1-3H3/b26-16+,31-28?/t19-/m1/s1. The fraction of sp³-hybridized carbons (Fsp3) is 0.214. The third-order valence-corrected chi connectivity index (χ3v) is 7.42. The van der Waals surface area contributed by atoms with Gasteiger partial charge in [-0.25, -0.2) is 4.99 Å². The number of benzene rings is 3. The summed E-state index contributed by atoms with van der Waals surface area (Å²) in [6.45, 7) is 6.55. The summed E-state index contributed by atoms with van der Waals surface area (Å²) in [4.78, 5) is 20.5. The number of amides is 1.